The highest BCUT2D eigenvalue weighted by molar-refractivity contribution is 5.72. The van der Waals surface area contributed by atoms with Crippen molar-refractivity contribution in [1.82, 2.24) is 0 Å². The van der Waals surface area contributed by atoms with Crippen LogP contribution in [0.3, 0.4) is 0 Å². The first-order chi connectivity index (χ1) is 9.98. The summed E-state index contributed by atoms with van der Waals surface area (Å²) in [7, 11) is 0. The highest BCUT2D eigenvalue weighted by atomic mass is 16.8. The summed E-state index contributed by atoms with van der Waals surface area (Å²) in [6.07, 6.45) is 5.41. The molecular weight excluding hydrogens is 276 g/mol. The molecule has 0 aliphatic carbocycles. The summed E-state index contributed by atoms with van der Waals surface area (Å²) in [4.78, 5) is 23.3. The smallest absolute Gasteiger partial charge is 0.375 e. The van der Waals surface area contributed by atoms with E-state index < -0.39 is 23.8 Å². The first-order valence-corrected chi connectivity index (χ1v) is 7.75. The minimum absolute atomic E-state index is 0.175. The average molecular weight is 302 g/mol. The van der Waals surface area contributed by atoms with E-state index in [1.54, 1.807) is 6.92 Å². The second kappa shape index (κ2) is 9.00. The number of rotatable bonds is 7. The van der Waals surface area contributed by atoms with Crippen LogP contribution in [0.25, 0.3) is 0 Å². The van der Waals surface area contributed by atoms with Gasteiger partial charge < -0.3 is 19.7 Å². The Kier molecular flexibility index (Phi) is 7.67. The molecule has 1 aliphatic heterocycles. The van der Waals surface area contributed by atoms with Crippen LogP contribution in [0, 0.1) is 5.92 Å². The van der Waals surface area contributed by atoms with Crippen LogP contribution in [0.2, 0.25) is 0 Å². The number of ether oxygens (including phenoxy) is 2. The molecule has 0 radical (unpaired) electrons. The molecule has 0 aromatic carbocycles. The fraction of sp³-hybridized carbons (Fsp3) is 0.867. The Hall–Kier alpha value is -1.14. The number of aliphatic hydroxyl groups is 2. The van der Waals surface area contributed by atoms with E-state index >= 15 is 0 Å². The molecule has 21 heavy (non-hydrogen) atoms. The van der Waals surface area contributed by atoms with Gasteiger partial charge in [-0.3, -0.25) is 9.59 Å². The van der Waals surface area contributed by atoms with Gasteiger partial charge in [-0.1, -0.05) is 26.2 Å². The van der Waals surface area contributed by atoms with Crippen molar-refractivity contribution in [1.29, 1.82) is 0 Å². The molecule has 6 nitrogen and oxygen atoms in total. The maximum atomic E-state index is 11.6. The Bertz CT molecular complexity index is 321. The SMILES string of the molecule is CC(CCCCCCO)C1(O)OC(=O)CCCCC(=O)O1. The van der Waals surface area contributed by atoms with E-state index in [0.717, 1.165) is 25.7 Å². The lowest BCUT2D eigenvalue weighted by molar-refractivity contribution is -0.348. The predicted molar refractivity (Wildman–Crippen MR) is 74.9 cm³/mol. The molecular formula is C15H26O6. The van der Waals surface area contributed by atoms with Gasteiger partial charge in [0.05, 0.1) is 5.92 Å². The highest BCUT2D eigenvalue weighted by Gasteiger charge is 2.42. The molecule has 1 rings (SSSR count). The molecule has 0 aromatic heterocycles. The number of esters is 2. The number of cyclic esters (lactones) is 2. The van der Waals surface area contributed by atoms with E-state index in [0.29, 0.717) is 19.3 Å². The van der Waals surface area contributed by atoms with Crippen molar-refractivity contribution < 1.29 is 29.3 Å². The van der Waals surface area contributed by atoms with E-state index in [2.05, 4.69) is 0 Å². The van der Waals surface area contributed by atoms with Gasteiger partial charge in [0.15, 0.2) is 0 Å². The maximum absolute atomic E-state index is 11.6. The van der Waals surface area contributed by atoms with Gasteiger partial charge in [-0.05, 0) is 25.7 Å². The molecule has 6 heteroatoms. The van der Waals surface area contributed by atoms with Gasteiger partial charge >= 0.3 is 17.9 Å². The van der Waals surface area contributed by atoms with Gasteiger partial charge in [-0.15, -0.1) is 0 Å². The minimum Gasteiger partial charge on any atom is -0.398 e. The summed E-state index contributed by atoms with van der Waals surface area (Å²) in [5, 5.41) is 19.1. The number of hydrogen-bond acceptors (Lipinski definition) is 6. The minimum atomic E-state index is -2.16. The van der Waals surface area contributed by atoms with E-state index in [1.165, 1.54) is 0 Å². The number of carbonyl (C=O) groups is 2. The Labute approximate surface area is 125 Å². The fourth-order valence-electron chi connectivity index (χ4n) is 2.29. The molecule has 0 amide bonds. The summed E-state index contributed by atoms with van der Waals surface area (Å²) in [5.41, 5.74) is 0. The molecule has 2 N–H and O–H groups in total. The van der Waals surface area contributed by atoms with Crippen molar-refractivity contribution in [3.05, 3.63) is 0 Å². The number of carbonyl (C=O) groups excluding carboxylic acids is 2. The van der Waals surface area contributed by atoms with E-state index in [9.17, 15) is 14.7 Å². The van der Waals surface area contributed by atoms with Gasteiger partial charge in [-0.2, -0.15) is 0 Å². The third-order valence-electron chi connectivity index (χ3n) is 3.70. The zero-order valence-corrected chi connectivity index (χ0v) is 12.7. The normalized spacial score (nSPS) is 20.7. The Balaban J connectivity index is 2.55. The quantitative estimate of drug-likeness (QED) is 0.551. The summed E-state index contributed by atoms with van der Waals surface area (Å²) in [5.74, 6) is -3.73. The number of hydrogen-bond donors (Lipinski definition) is 2. The molecule has 122 valence electrons. The first-order valence-electron chi connectivity index (χ1n) is 7.75. The molecule has 1 unspecified atom stereocenters. The molecule has 1 saturated heterocycles. The monoisotopic (exact) mass is 302 g/mol. The lowest BCUT2D eigenvalue weighted by Gasteiger charge is -2.31. The Morgan fingerprint density at radius 2 is 1.57 bits per heavy atom. The zero-order chi connectivity index (χ0) is 15.7. The summed E-state index contributed by atoms with van der Waals surface area (Å²) in [6.45, 7) is 1.87. The van der Waals surface area contributed by atoms with Crippen LogP contribution in [-0.4, -0.2) is 34.7 Å². The molecule has 0 spiro atoms. The molecule has 0 aromatic rings. The van der Waals surface area contributed by atoms with E-state index in [-0.39, 0.29) is 19.4 Å². The maximum Gasteiger partial charge on any atom is 0.375 e. The second-order valence-electron chi connectivity index (χ2n) is 5.61. The van der Waals surface area contributed by atoms with Crippen molar-refractivity contribution in [2.45, 2.75) is 70.7 Å². The van der Waals surface area contributed by atoms with Crippen molar-refractivity contribution >= 4 is 11.9 Å². The van der Waals surface area contributed by atoms with Gasteiger partial charge in [0, 0.05) is 19.4 Å². The molecule has 1 heterocycles. The average Bonchev–Trinajstić information content (AvgIpc) is 2.48. The van der Waals surface area contributed by atoms with Gasteiger partial charge in [0.25, 0.3) is 0 Å². The lowest BCUT2D eigenvalue weighted by Crippen LogP contribution is -2.45. The predicted octanol–water partition coefficient (Wildman–Crippen LogP) is 1.87. The van der Waals surface area contributed by atoms with Crippen LogP contribution < -0.4 is 0 Å². The van der Waals surface area contributed by atoms with E-state index in [4.69, 9.17) is 14.6 Å². The van der Waals surface area contributed by atoms with Crippen LogP contribution in [0.5, 0.6) is 0 Å². The Morgan fingerprint density at radius 3 is 2.10 bits per heavy atom. The largest absolute Gasteiger partial charge is 0.398 e. The molecule has 1 atom stereocenters. The van der Waals surface area contributed by atoms with Gasteiger partial charge in [0.1, 0.15) is 0 Å². The molecule has 1 fully saturated rings. The van der Waals surface area contributed by atoms with Crippen LogP contribution in [-0.2, 0) is 19.1 Å². The Morgan fingerprint density at radius 1 is 1.05 bits per heavy atom. The second-order valence-corrected chi connectivity index (χ2v) is 5.61. The van der Waals surface area contributed by atoms with Crippen molar-refractivity contribution in [2.75, 3.05) is 6.61 Å². The van der Waals surface area contributed by atoms with Crippen LogP contribution in [0.4, 0.5) is 0 Å². The van der Waals surface area contributed by atoms with Crippen LogP contribution in [0.1, 0.15) is 64.7 Å². The van der Waals surface area contributed by atoms with Gasteiger partial charge in [0.2, 0.25) is 0 Å². The third kappa shape index (κ3) is 6.44. The summed E-state index contributed by atoms with van der Waals surface area (Å²) in [6, 6.07) is 0. The standard InChI is InChI=1S/C15H26O6/c1-12(8-4-2-3-7-11-16)15(19)20-13(17)9-5-6-10-14(18)21-15/h12,16,19H,2-11H2,1H3. The molecule has 1 aliphatic rings. The number of unbranched alkanes of at least 4 members (excludes halogenated alkanes) is 3. The van der Waals surface area contributed by atoms with Crippen molar-refractivity contribution in [3.63, 3.8) is 0 Å². The van der Waals surface area contributed by atoms with Crippen LogP contribution >= 0.6 is 0 Å². The molecule has 0 saturated carbocycles. The summed E-state index contributed by atoms with van der Waals surface area (Å²) < 4.78 is 10.0. The van der Waals surface area contributed by atoms with Gasteiger partial charge in [-0.25, -0.2) is 0 Å². The van der Waals surface area contributed by atoms with Crippen molar-refractivity contribution in [3.8, 4) is 0 Å². The summed E-state index contributed by atoms with van der Waals surface area (Å²) >= 11 is 0. The van der Waals surface area contributed by atoms with Crippen LogP contribution in [0.15, 0.2) is 0 Å². The third-order valence-corrected chi connectivity index (χ3v) is 3.70. The lowest BCUT2D eigenvalue weighted by atomic mass is 10.00. The number of aliphatic hydroxyl groups excluding tert-OH is 1. The van der Waals surface area contributed by atoms with E-state index in [1.807, 2.05) is 0 Å². The highest BCUT2D eigenvalue weighted by Crippen LogP contribution is 2.28. The zero-order valence-electron chi connectivity index (χ0n) is 12.7. The topological polar surface area (TPSA) is 93.1 Å². The molecule has 0 bridgehead atoms. The van der Waals surface area contributed by atoms with Crippen molar-refractivity contribution in [2.24, 2.45) is 5.92 Å². The fourth-order valence-corrected chi connectivity index (χ4v) is 2.29. The first kappa shape index (κ1) is 17.9.